The SMILES string of the molecule is NC(Cc1nc2ccccc2n1CCOC(F)(F)F)=NO. The smallest absolute Gasteiger partial charge is 0.409 e. The first-order chi connectivity index (χ1) is 9.90. The normalized spacial score (nSPS) is 13.0. The first-order valence-corrected chi connectivity index (χ1v) is 6.02. The molecule has 0 bridgehead atoms. The number of imidazole rings is 1. The molecule has 1 heterocycles. The average molecular weight is 302 g/mol. The van der Waals surface area contributed by atoms with Gasteiger partial charge in [-0.15, -0.1) is 13.2 Å². The highest BCUT2D eigenvalue weighted by molar-refractivity contribution is 5.83. The predicted molar refractivity (Wildman–Crippen MR) is 68.9 cm³/mol. The Bertz CT molecular complexity index is 651. The third-order valence-electron chi connectivity index (χ3n) is 2.78. The molecule has 0 spiro atoms. The number of para-hydroxylation sites is 2. The minimum absolute atomic E-state index is 0.0250. The number of amidine groups is 1. The quantitative estimate of drug-likeness (QED) is 0.382. The van der Waals surface area contributed by atoms with E-state index >= 15 is 0 Å². The van der Waals surface area contributed by atoms with Crippen molar-refractivity contribution >= 4 is 16.9 Å². The molecule has 2 rings (SSSR count). The molecule has 0 saturated heterocycles. The van der Waals surface area contributed by atoms with Gasteiger partial charge in [0, 0.05) is 6.54 Å². The van der Waals surface area contributed by atoms with Crippen molar-refractivity contribution < 1.29 is 23.1 Å². The van der Waals surface area contributed by atoms with E-state index in [4.69, 9.17) is 10.9 Å². The van der Waals surface area contributed by atoms with Crippen molar-refractivity contribution in [2.45, 2.75) is 19.3 Å². The molecule has 0 radical (unpaired) electrons. The molecule has 1 aromatic heterocycles. The lowest BCUT2D eigenvalue weighted by molar-refractivity contribution is -0.325. The summed E-state index contributed by atoms with van der Waals surface area (Å²) in [6.07, 6.45) is -4.65. The first-order valence-electron chi connectivity index (χ1n) is 6.02. The Balaban J connectivity index is 2.27. The van der Waals surface area contributed by atoms with Crippen LogP contribution >= 0.6 is 0 Å². The Morgan fingerprint density at radius 1 is 1.38 bits per heavy atom. The standard InChI is InChI=1S/C12H13F3N4O2/c13-12(14,15)21-6-5-19-9-4-2-1-3-8(9)17-11(19)7-10(16)18-20/h1-4,20H,5-7H2,(H2,16,18). The fourth-order valence-corrected chi connectivity index (χ4v) is 1.96. The van der Waals surface area contributed by atoms with E-state index in [1.54, 1.807) is 28.8 Å². The number of aromatic nitrogens is 2. The van der Waals surface area contributed by atoms with Gasteiger partial charge in [0.2, 0.25) is 0 Å². The maximum Gasteiger partial charge on any atom is 0.522 e. The lowest BCUT2D eigenvalue weighted by Crippen LogP contribution is -2.21. The van der Waals surface area contributed by atoms with Gasteiger partial charge in [0.15, 0.2) is 0 Å². The minimum atomic E-state index is -4.68. The third-order valence-corrected chi connectivity index (χ3v) is 2.78. The van der Waals surface area contributed by atoms with E-state index in [1.807, 2.05) is 0 Å². The summed E-state index contributed by atoms with van der Waals surface area (Å²) in [5.41, 5.74) is 6.70. The molecule has 6 nitrogen and oxygen atoms in total. The Morgan fingerprint density at radius 3 is 2.76 bits per heavy atom. The van der Waals surface area contributed by atoms with Crippen LogP contribution in [0.3, 0.4) is 0 Å². The lowest BCUT2D eigenvalue weighted by Gasteiger charge is -2.11. The fourth-order valence-electron chi connectivity index (χ4n) is 1.96. The monoisotopic (exact) mass is 302 g/mol. The predicted octanol–water partition coefficient (Wildman–Crippen LogP) is 1.86. The number of oxime groups is 1. The van der Waals surface area contributed by atoms with Crippen molar-refractivity contribution in [1.82, 2.24) is 9.55 Å². The molecule has 3 N–H and O–H groups in total. The summed E-state index contributed by atoms with van der Waals surface area (Å²) in [5.74, 6) is 0.320. The van der Waals surface area contributed by atoms with Crippen LogP contribution in [-0.4, -0.2) is 33.6 Å². The van der Waals surface area contributed by atoms with Gasteiger partial charge in [0.25, 0.3) is 0 Å². The second-order valence-corrected chi connectivity index (χ2v) is 4.23. The fraction of sp³-hybridized carbons (Fsp3) is 0.333. The summed E-state index contributed by atoms with van der Waals surface area (Å²) >= 11 is 0. The van der Waals surface area contributed by atoms with Crippen molar-refractivity contribution in [2.24, 2.45) is 10.9 Å². The van der Waals surface area contributed by atoms with Crippen LogP contribution in [0.1, 0.15) is 5.82 Å². The van der Waals surface area contributed by atoms with Crippen LogP contribution in [0.5, 0.6) is 0 Å². The number of alkyl halides is 3. The number of hydrogen-bond donors (Lipinski definition) is 2. The number of nitrogens with two attached hydrogens (primary N) is 1. The van der Waals surface area contributed by atoms with Crippen molar-refractivity contribution in [1.29, 1.82) is 0 Å². The molecule has 9 heteroatoms. The van der Waals surface area contributed by atoms with Crippen LogP contribution in [0.15, 0.2) is 29.4 Å². The third kappa shape index (κ3) is 3.85. The minimum Gasteiger partial charge on any atom is -0.409 e. The molecule has 0 unspecified atom stereocenters. The Hall–Kier alpha value is -2.29. The van der Waals surface area contributed by atoms with Crippen LogP contribution in [0.2, 0.25) is 0 Å². The Labute approximate surface area is 117 Å². The molecule has 0 fully saturated rings. The van der Waals surface area contributed by atoms with Gasteiger partial charge in [0.1, 0.15) is 11.7 Å². The summed E-state index contributed by atoms with van der Waals surface area (Å²) in [4.78, 5) is 4.27. The van der Waals surface area contributed by atoms with Gasteiger partial charge < -0.3 is 15.5 Å². The number of nitrogens with zero attached hydrogens (tertiary/aromatic N) is 3. The van der Waals surface area contributed by atoms with E-state index in [0.717, 1.165) is 0 Å². The summed E-state index contributed by atoms with van der Waals surface area (Å²) in [5, 5.41) is 11.4. The summed E-state index contributed by atoms with van der Waals surface area (Å²) in [6, 6.07) is 6.97. The molecule has 0 aliphatic rings. The van der Waals surface area contributed by atoms with E-state index in [-0.39, 0.29) is 18.8 Å². The number of ether oxygens (including phenoxy) is 1. The number of halogens is 3. The van der Waals surface area contributed by atoms with E-state index in [1.165, 1.54) is 0 Å². The van der Waals surface area contributed by atoms with Crippen LogP contribution in [0, 0.1) is 0 Å². The molecular formula is C12H13F3N4O2. The highest BCUT2D eigenvalue weighted by atomic mass is 19.4. The van der Waals surface area contributed by atoms with Crippen molar-refractivity contribution in [3.8, 4) is 0 Å². The molecule has 0 aliphatic heterocycles. The summed E-state index contributed by atoms with van der Waals surface area (Å²) < 4.78 is 41.5. The highest BCUT2D eigenvalue weighted by Crippen LogP contribution is 2.19. The topological polar surface area (TPSA) is 85.7 Å². The molecule has 21 heavy (non-hydrogen) atoms. The summed E-state index contributed by atoms with van der Waals surface area (Å²) in [7, 11) is 0. The van der Waals surface area contributed by atoms with Gasteiger partial charge in [-0.2, -0.15) is 0 Å². The zero-order chi connectivity index (χ0) is 15.5. The molecular weight excluding hydrogens is 289 g/mol. The van der Waals surface area contributed by atoms with Crippen LogP contribution in [0.25, 0.3) is 11.0 Å². The highest BCUT2D eigenvalue weighted by Gasteiger charge is 2.28. The molecule has 2 aromatic rings. The molecule has 0 aliphatic carbocycles. The van der Waals surface area contributed by atoms with Crippen LogP contribution in [-0.2, 0) is 17.7 Å². The van der Waals surface area contributed by atoms with Gasteiger partial charge >= 0.3 is 6.36 Å². The van der Waals surface area contributed by atoms with Crippen molar-refractivity contribution in [2.75, 3.05) is 6.61 Å². The van der Waals surface area contributed by atoms with Gasteiger partial charge in [-0.1, -0.05) is 17.3 Å². The number of hydrogen-bond acceptors (Lipinski definition) is 4. The second kappa shape index (κ2) is 6.00. The molecule has 0 saturated carbocycles. The van der Waals surface area contributed by atoms with E-state index in [2.05, 4.69) is 14.9 Å². The lowest BCUT2D eigenvalue weighted by atomic mass is 10.3. The molecule has 1 aromatic carbocycles. The van der Waals surface area contributed by atoms with Gasteiger partial charge in [0.05, 0.1) is 24.1 Å². The summed E-state index contributed by atoms with van der Waals surface area (Å²) in [6.45, 7) is -0.596. The Morgan fingerprint density at radius 2 is 2.10 bits per heavy atom. The largest absolute Gasteiger partial charge is 0.522 e. The average Bonchev–Trinajstić information content (AvgIpc) is 2.75. The zero-order valence-electron chi connectivity index (χ0n) is 10.8. The van der Waals surface area contributed by atoms with Crippen LogP contribution in [0.4, 0.5) is 13.2 Å². The van der Waals surface area contributed by atoms with E-state index in [0.29, 0.717) is 16.9 Å². The van der Waals surface area contributed by atoms with E-state index < -0.39 is 13.0 Å². The number of fused-ring (bicyclic) bond motifs is 1. The van der Waals surface area contributed by atoms with Gasteiger partial charge in [-0.3, -0.25) is 4.74 Å². The first kappa shape index (κ1) is 15.1. The molecule has 114 valence electrons. The van der Waals surface area contributed by atoms with Gasteiger partial charge in [-0.05, 0) is 12.1 Å². The van der Waals surface area contributed by atoms with Crippen molar-refractivity contribution in [3.05, 3.63) is 30.1 Å². The van der Waals surface area contributed by atoms with E-state index in [9.17, 15) is 13.2 Å². The number of benzene rings is 1. The maximum absolute atomic E-state index is 12.0. The molecule has 0 amide bonds. The molecule has 0 atom stereocenters. The number of rotatable bonds is 5. The maximum atomic E-state index is 12.0. The van der Waals surface area contributed by atoms with Crippen molar-refractivity contribution in [3.63, 3.8) is 0 Å². The zero-order valence-corrected chi connectivity index (χ0v) is 10.8. The van der Waals surface area contributed by atoms with Gasteiger partial charge in [-0.25, -0.2) is 4.98 Å². The second-order valence-electron chi connectivity index (χ2n) is 4.23. The Kier molecular flexibility index (Phi) is 4.32. The van der Waals surface area contributed by atoms with Crippen LogP contribution < -0.4 is 5.73 Å².